The molecular weight excluding hydrogens is 745 g/mol. The highest BCUT2D eigenvalue weighted by Crippen LogP contribution is 2.50. The van der Waals surface area contributed by atoms with E-state index in [0.717, 1.165) is 60.7 Å². The van der Waals surface area contributed by atoms with Crippen LogP contribution in [0.15, 0.2) is 164 Å². The predicted molar refractivity (Wildman–Crippen MR) is 250 cm³/mol. The molecule has 0 saturated carbocycles. The van der Waals surface area contributed by atoms with Crippen LogP contribution in [0.1, 0.15) is 10.4 Å². The average molecular weight is 777 g/mol. The lowest BCUT2D eigenvalue weighted by Gasteiger charge is -2.14. The number of fused-ring (bicyclic) bond motifs is 14. The Bertz CT molecular complexity index is 3720. The fraction of sp³-hybridized carbons (Fsp3) is 0.0192. The molecule has 0 aliphatic carbocycles. The number of para-hydroxylation sites is 1. The van der Waals surface area contributed by atoms with Gasteiger partial charge in [-0.15, -0.1) is 22.7 Å². The maximum atomic E-state index is 5.64. The maximum Gasteiger partial charge on any atom is 0.165 e. The van der Waals surface area contributed by atoms with E-state index < -0.39 is 0 Å². The molecule has 0 bridgehead atoms. The van der Waals surface area contributed by atoms with E-state index in [1.807, 2.05) is 29.7 Å². The first kappa shape index (κ1) is 33.2. The first-order valence-electron chi connectivity index (χ1n) is 19.4. The second-order valence-electron chi connectivity index (χ2n) is 14.8. The van der Waals surface area contributed by atoms with Gasteiger partial charge in [0.05, 0.1) is 21.4 Å². The minimum Gasteiger partial charge on any atom is -0.290 e. The lowest BCUT2D eigenvalue weighted by Crippen LogP contribution is -2.03. The number of aryl methyl sites for hydroxylation is 1. The molecular formula is C52H32N4S2. The average Bonchev–Trinajstić information content (AvgIpc) is 3.94. The summed E-state index contributed by atoms with van der Waals surface area (Å²) in [6, 6.07) is 50.2. The fourth-order valence-electron chi connectivity index (χ4n) is 8.92. The van der Waals surface area contributed by atoms with Crippen LogP contribution in [0.5, 0.6) is 0 Å². The van der Waals surface area contributed by atoms with Crippen molar-refractivity contribution in [1.29, 1.82) is 0 Å². The van der Waals surface area contributed by atoms with Crippen LogP contribution in [0, 0.1) is 6.92 Å². The van der Waals surface area contributed by atoms with Gasteiger partial charge < -0.3 is 0 Å². The standard InChI is InChI=1S/C52H32N4S2/c1-3-4-18-36-30(2)57-52-47(36)54-51(46(55-52)31-14-6-5-7-15-31)56-43-22-13-12-21-40(43)44-38-19-10-11-20-39(38)45-41-26-23-33-27-34(24-25-37(33)49(41)58-50(45)48(44)56)42-28-32-16-8-9-17-35(32)29-53-42/h3-29H,1H2,2H3/b18-4-. The van der Waals surface area contributed by atoms with Crippen LogP contribution >= 0.6 is 22.7 Å². The number of hydrogen-bond acceptors (Lipinski definition) is 5. The normalized spacial score (nSPS) is 12.2. The first-order valence-corrected chi connectivity index (χ1v) is 21.0. The molecule has 58 heavy (non-hydrogen) atoms. The molecule has 6 heteroatoms. The van der Waals surface area contributed by atoms with Crippen LogP contribution in [0.25, 0.3) is 119 Å². The molecule has 0 N–H and O–H groups in total. The van der Waals surface area contributed by atoms with Crippen molar-refractivity contribution in [2.75, 3.05) is 0 Å². The molecule has 12 aromatic rings. The number of aromatic nitrogens is 4. The highest BCUT2D eigenvalue weighted by molar-refractivity contribution is 7.27. The van der Waals surface area contributed by atoms with E-state index >= 15 is 0 Å². The molecule has 0 aliphatic rings. The Morgan fingerprint density at radius 3 is 2.19 bits per heavy atom. The van der Waals surface area contributed by atoms with Gasteiger partial charge in [0.15, 0.2) is 5.82 Å². The van der Waals surface area contributed by atoms with E-state index in [9.17, 15) is 0 Å². The number of hydrogen-bond donors (Lipinski definition) is 0. The smallest absolute Gasteiger partial charge is 0.165 e. The van der Waals surface area contributed by atoms with Gasteiger partial charge in [-0.25, -0.2) is 9.97 Å². The Balaban J connectivity index is 1.21. The van der Waals surface area contributed by atoms with Gasteiger partial charge in [-0.3, -0.25) is 9.55 Å². The molecule has 7 aromatic carbocycles. The number of rotatable bonds is 5. The third kappa shape index (κ3) is 4.83. The molecule has 12 rings (SSSR count). The molecule has 0 spiro atoms. The molecule has 0 unspecified atom stereocenters. The summed E-state index contributed by atoms with van der Waals surface area (Å²) >= 11 is 3.57. The second-order valence-corrected chi connectivity index (χ2v) is 17.0. The molecule has 0 radical (unpaired) electrons. The number of pyridine rings is 1. The Morgan fingerprint density at radius 1 is 0.603 bits per heavy atom. The quantitative estimate of drug-likeness (QED) is 0.164. The van der Waals surface area contributed by atoms with Crippen molar-refractivity contribution in [2.45, 2.75) is 6.92 Å². The number of allylic oxidation sites excluding steroid dienone is 2. The summed E-state index contributed by atoms with van der Waals surface area (Å²) < 4.78 is 4.92. The van der Waals surface area contributed by atoms with Crippen molar-refractivity contribution in [2.24, 2.45) is 0 Å². The molecule has 4 nitrogen and oxygen atoms in total. The maximum absolute atomic E-state index is 5.64. The number of nitrogens with zero attached hydrogens (tertiary/aromatic N) is 4. The van der Waals surface area contributed by atoms with Gasteiger partial charge in [0.25, 0.3) is 0 Å². The van der Waals surface area contributed by atoms with Gasteiger partial charge >= 0.3 is 0 Å². The van der Waals surface area contributed by atoms with Crippen LogP contribution in [-0.2, 0) is 0 Å². The summed E-state index contributed by atoms with van der Waals surface area (Å²) in [6.07, 6.45) is 7.89. The van der Waals surface area contributed by atoms with Gasteiger partial charge in [0.1, 0.15) is 16.0 Å². The molecule has 5 aromatic heterocycles. The monoisotopic (exact) mass is 776 g/mol. The van der Waals surface area contributed by atoms with Gasteiger partial charge in [0, 0.05) is 59.4 Å². The van der Waals surface area contributed by atoms with E-state index in [1.54, 1.807) is 11.3 Å². The van der Waals surface area contributed by atoms with Crippen LogP contribution < -0.4 is 0 Å². The van der Waals surface area contributed by atoms with Crippen LogP contribution in [0.4, 0.5) is 0 Å². The van der Waals surface area contributed by atoms with E-state index in [2.05, 4.69) is 164 Å². The highest BCUT2D eigenvalue weighted by Gasteiger charge is 2.26. The van der Waals surface area contributed by atoms with Crippen molar-refractivity contribution in [3.63, 3.8) is 0 Å². The Labute approximate surface area is 341 Å². The summed E-state index contributed by atoms with van der Waals surface area (Å²) in [5.41, 5.74) is 8.22. The summed E-state index contributed by atoms with van der Waals surface area (Å²) in [6.45, 7) is 6.09. The van der Waals surface area contributed by atoms with Gasteiger partial charge in [-0.1, -0.05) is 146 Å². The van der Waals surface area contributed by atoms with Gasteiger partial charge in [0.2, 0.25) is 0 Å². The van der Waals surface area contributed by atoms with Gasteiger partial charge in [-0.05, 0) is 52.1 Å². The summed E-state index contributed by atoms with van der Waals surface area (Å²) in [4.78, 5) is 18.1. The third-order valence-electron chi connectivity index (χ3n) is 11.5. The topological polar surface area (TPSA) is 43.6 Å². The van der Waals surface area contributed by atoms with Crippen LogP contribution in [0.3, 0.4) is 0 Å². The summed E-state index contributed by atoms with van der Waals surface area (Å²) in [7, 11) is 0. The van der Waals surface area contributed by atoms with E-state index in [4.69, 9.17) is 15.0 Å². The second kappa shape index (κ2) is 12.8. The van der Waals surface area contributed by atoms with Crippen LogP contribution in [-0.4, -0.2) is 19.5 Å². The summed E-state index contributed by atoms with van der Waals surface area (Å²) in [5.74, 6) is 0.822. The molecule has 0 aliphatic heterocycles. The Kier molecular flexibility index (Phi) is 7.30. The van der Waals surface area contributed by atoms with Crippen molar-refractivity contribution < 1.29 is 0 Å². The Hall–Kier alpha value is -6.99. The van der Waals surface area contributed by atoms with Gasteiger partial charge in [-0.2, -0.15) is 0 Å². The van der Waals surface area contributed by atoms with E-state index in [-0.39, 0.29) is 0 Å². The van der Waals surface area contributed by atoms with Crippen LogP contribution in [0.2, 0.25) is 0 Å². The molecule has 272 valence electrons. The van der Waals surface area contributed by atoms with Crippen molar-refractivity contribution in [3.05, 3.63) is 175 Å². The Morgan fingerprint density at radius 2 is 1.34 bits per heavy atom. The first-order chi connectivity index (χ1) is 28.6. The zero-order chi connectivity index (χ0) is 38.5. The van der Waals surface area contributed by atoms with Crippen molar-refractivity contribution >= 4 is 113 Å². The number of benzene rings is 7. The van der Waals surface area contributed by atoms with E-state index in [0.29, 0.717) is 0 Å². The predicted octanol–water partition coefficient (Wildman–Crippen LogP) is 14.9. The summed E-state index contributed by atoms with van der Waals surface area (Å²) in [5, 5.41) is 12.2. The SMILES string of the molecule is C=C/C=C\c1c(C)sc2nc(-c3ccccc3)c(-n3c4ccccc4c4c5ccccc5c5c6ccc7cc(-c8cc9ccccc9cn8)ccc7c6sc5c43)nc12. The molecule has 5 heterocycles. The molecule has 0 atom stereocenters. The van der Waals surface area contributed by atoms with E-state index in [1.165, 1.54) is 62.8 Å². The number of thiophene rings is 2. The fourth-order valence-corrected chi connectivity index (χ4v) is 11.3. The zero-order valence-corrected chi connectivity index (χ0v) is 33.0. The lowest BCUT2D eigenvalue weighted by atomic mass is 9.97. The third-order valence-corrected chi connectivity index (χ3v) is 13.8. The zero-order valence-electron chi connectivity index (χ0n) is 31.4. The lowest BCUT2D eigenvalue weighted by molar-refractivity contribution is 1.09. The largest absolute Gasteiger partial charge is 0.290 e. The molecule has 0 fully saturated rings. The minimum absolute atomic E-state index is 0.822. The van der Waals surface area contributed by atoms with Crippen molar-refractivity contribution in [1.82, 2.24) is 19.5 Å². The van der Waals surface area contributed by atoms with Crippen molar-refractivity contribution in [3.8, 4) is 28.3 Å². The highest BCUT2D eigenvalue weighted by atomic mass is 32.1. The molecule has 0 amide bonds. The molecule has 0 saturated heterocycles. The minimum atomic E-state index is 0.822.